The summed E-state index contributed by atoms with van der Waals surface area (Å²) >= 11 is 0. The van der Waals surface area contributed by atoms with Gasteiger partial charge in [-0.2, -0.15) is 0 Å². The predicted octanol–water partition coefficient (Wildman–Crippen LogP) is 2.20. The van der Waals surface area contributed by atoms with Crippen molar-refractivity contribution >= 4 is 23.6 Å². The van der Waals surface area contributed by atoms with Gasteiger partial charge in [-0.1, -0.05) is 0 Å². The highest BCUT2D eigenvalue weighted by molar-refractivity contribution is 5.98. The van der Waals surface area contributed by atoms with Gasteiger partial charge in [-0.3, -0.25) is 4.79 Å². The second kappa shape index (κ2) is 8.36. The van der Waals surface area contributed by atoms with E-state index in [1.165, 1.54) is 14.0 Å². The van der Waals surface area contributed by atoms with E-state index in [1.807, 2.05) is 6.92 Å². The number of rotatable bonds is 4. The molecule has 1 saturated heterocycles. The number of hydrogen-bond donors (Lipinski definition) is 1. The Morgan fingerprint density at radius 3 is 2.32 bits per heavy atom. The van der Waals surface area contributed by atoms with Gasteiger partial charge in [-0.15, -0.1) is 0 Å². The number of piperazine rings is 1. The first-order chi connectivity index (χ1) is 12.0. The van der Waals surface area contributed by atoms with Crippen molar-refractivity contribution in [1.29, 1.82) is 0 Å². The fourth-order valence-corrected chi connectivity index (χ4v) is 2.54. The maximum atomic E-state index is 12.5. The number of hydrogen-bond acceptors (Lipinski definition) is 5. The van der Waals surface area contributed by atoms with Crippen LogP contribution in [0.15, 0.2) is 18.2 Å². The summed E-state index contributed by atoms with van der Waals surface area (Å²) in [6.07, 6.45) is -0.396. The lowest BCUT2D eigenvalue weighted by molar-refractivity contribution is 0.0992. The number of urea groups is 1. The summed E-state index contributed by atoms with van der Waals surface area (Å²) in [5, 5.41) is 2.79. The number of carbonyl (C=O) groups is 3. The number of Topliss-reactive ketones (excluding diaryl/α,β-unsaturated/α-hetero) is 1. The van der Waals surface area contributed by atoms with Gasteiger partial charge < -0.3 is 24.6 Å². The molecule has 3 amide bonds. The summed E-state index contributed by atoms with van der Waals surface area (Å²) in [5.41, 5.74) is 0.948. The lowest BCUT2D eigenvalue weighted by Crippen LogP contribution is -2.51. The monoisotopic (exact) mass is 349 g/mol. The molecule has 8 nitrogen and oxygen atoms in total. The maximum absolute atomic E-state index is 12.5. The lowest BCUT2D eigenvalue weighted by atomic mass is 10.1. The molecule has 25 heavy (non-hydrogen) atoms. The maximum Gasteiger partial charge on any atom is 0.409 e. The Hall–Kier alpha value is -2.77. The van der Waals surface area contributed by atoms with E-state index in [0.29, 0.717) is 49.8 Å². The van der Waals surface area contributed by atoms with Crippen LogP contribution in [0.5, 0.6) is 5.75 Å². The van der Waals surface area contributed by atoms with Crippen molar-refractivity contribution in [3.63, 3.8) is 0 Å². The molecule has 1 aliphatic rings. The third-order valence-electron chi connectivity index (χ3n) is 3.93. The summed E-state index contributed by atoms with van der Waals surface area (Å²) in [6, 6.07) is 4.64. The standard InChI is InChI=1S/C17H23N3O5/c1-4-25-15-6-5-13(12(2)21)11-14(15)18-16(22)19-7-9-20(10-8-19)17(23)24-3/h5-6,11H,4,7-10H2,1-3H3,(H,18,22). The zero-order valence-corrected chi connectivity index (χ0v) is 14.7. The van der Waals surface area contributed by atoms with Gasteiger partial charge in [-0.05, 0) is 32.0 Å². The van der Waals surface area contributed by atoms with Crippen LogP contribution in [0.25, 0.3) is 0 Å². The Morgan fingerprint density at radius 1 is 1.12 bits per heavy atom. The number of methoxy groups -OCH3 is 1. The van der Waals surface area contributed by atoms with Gasteiger partial charge >= 0.3 is 12.1 Å². The first kappa shape index (κ1) is 18.6. The number of benzene rings is 1. The summed E-state index contributed by atoms with van der Waals surface area (Å²) in [7, 11) is 1.33. The normalized spacial score (nSPS) is 14.0. The summed E-state index contributed by atoms with van der Waals surface area (Å²) in [4.78, 5) is 38.7. The number of anilines is 1. The molecule has 1 aliphatic heterocycles. The second-order valence-electron chi connectivity index (χ2n) is 5.57. The molecule has 0 atom stereocenters. The zero-order chi connectivity index (χ0) is 18.4. The molecule has 0 aliphatic carbocycles. The Kier molecular flexibility index (Phi) is 6.21. The van der Waals surface area contributed by atoms with Crippen LogP contribution >= 0.6 is 0 Å². The Balaban J connectivity index is 2.06. The van der Waals surface area contributed by atoms with Gasteiger partial charge in [0.1, 0.15) is 5.75 Å². The van der Waals surface area contributed by atoms with E-state index < -0.39 is 6.09 Å². The summed E-state index contributed by atoms with van der Waals surface area (Å²) in [5.74, 6) is 0.416. The van der Waals surface area contributed by atoms with E-state index in [9.17, 15) is 14.4 Å². The number of carbonyl (C=O) groups excluding carboxylic acids is 3. The van der Waals surface area contributed by atoms with Crippen LogP contribution in [0.2, 0.25) is 0 Å². The number of ether oxygens (including phenoxy) is 2. The lowest BCUT2D eigenvalue weighted by Gasteiger charge is -2.33. The first-order valence-corrected chi connectivity index (χ1v) is 8.12. The van der Waals surface area contributed by atoms with Crippen molar-refractivity contribution in [3.05, 3.63) is 23.8 Å². The Bertz CT molecular complexity index is 654. The van der Waals surface area contributed by atoms with Gasteiger partial charge in [0.05, 0.1) is 19.4 Å². The number of nitrogens with one attached hydrogen (secondary N) is 1. The van der Waals surface area contributed by atoms with Crippen LogP contribution in [-0.4, -0.2) is 67.6 Å². The molecular weight excluding hydrogens is 326 g/mol. The molecule has 1 aromatic rings. The number of nitrogens with zero attached hydrogens (tertiary/aromatic N) is 2. The average molecular weight is 349 g/mol. The molecule has 0 saturated carbocycles. The highest BCUT2D eigenvalue weighted by atomic mass is 16.5. The van der Waals surface area contributed by atoms with Crippen molar-refractivity contribution in [2.45, 2.75) is 13.8 Å². The van der Waals surface area contributed by atoms with E-state index in [2.05, 4.69) is 10.1 Å². The minimum Gasteiger partial charge on any atom is -0.492 e. The topological polar surface area (TPSA) is 88.2 Å². The van der Waals surface area contributed by atoms with Crippen molar-refractivity contribution in [2.75, 3.05) is 45.2 Å². The van der Waals surface area contributed by atoms with E-state index in [1.54, 1.807) is 28.0 Å². The molecule has 0 unspecified atom stereocenters. The zero-order valence-electron chi connectivity index (χ0n) is 14.7. The Labute approximate surface area is 146 Å². The van der Waals surface area contributed by atoms with Crippen LogP contribution in [0.1, 0.15) is 24.2 Å². The van der Waals surface area contributed by atoms with Gasteiger partial charge in [0, 0.05) is 31.7 Å². The van der Waals surface area contributed by atoms with Gasteiger partial charge in [0.15, 0.2) is 5.78 Å². The molecular formula is C17H23N3O5. The van der Waals surface area contributed by atoms with Crippen molar-refractivity contribution in [2.24, 2.45) is 0 Å². The molecule has 136 valence electrons. The molecule has 2 rings (SSSR count). The fraction of sp³-hybridized carbons (Fsp3) is 0.471. The van der Waals surface area contributed by atoms with E-state index in [-0.39, 0.29) is 11.8 Å². The fourth-order valence-electron chi connectivity index (χ4n) is 2.54. The summed E-state index contributed by atoms with van der Waals surface area (Å²) in [6.45, 7) is 5.37. The van der Waals surface area contributed by atoms with Crippen molar-refractivity contribution < 1.29 is 23.9 Å². The van der Waals surface area contributed by atoms with Crippen LogP contribution in [0.3, 0.4) is 0 Å². The van der Waals surface area contributed by atoms with Crippen LogP contribution < -0.4 is 10.1 Å². The van der Waals surface area contributed by atoms with Gasteiger partial charge in [-0.25, -0.2) is 9.59 Å². The van der Waals surface area contributed by atoms with Crippen LogP contribution in [-0.2, 0) is 4.74 Å². The second-order valence-corrected chi connectivity index (χ2v) is 5.57. The first-order valence-electron chi connectivity index (χ1n) is 8.12. The highest BCUT2D eigenvalue weighted by Gasteiger charge is 2.25. The van der Waals surface area contributed by atoms with Crippen LogP contribution in [0, 0.1) is 0 Å². The average Bonchev–Trinajstić information content (AvgIpc) is 2.62. The highest BCUT2D eigenvalue weighted by Crippen LogP contribution is 2.26. The van der Waals surface area contributed by atoms with E-state index in [0.717, 1.165) is 0 Å². The SMILES string of the molecule is CCOc1ccc(C(C)=O)cc1NC(=O)N1CCN(C(=O)OC)CC1. The van der Waals surface area contributed by atoms with Crippen molar-refractivity contribution in [3.8, 4) is 5.75 Å². The van der Waals surface area contributed by atoms with E-state index >= 15 is 0 Å². The largest absolute Gasteiger partial charge is 0.492 e. The van der Waals surface area contributed by atoms with Crippen LogP contribution in [0.4, 0.5) is 15.3 Å². The molecule has 0 bridgehead atoms. The quantitative estimate of drug-likeness (QED) is 0.842. The van der Waals surface area contributed by atoms with Crippen molar-refractivity contribution in [1.82, 2.24) is 9.80 Å². The smallest absolute Gasteiger partial charge is 0.409 e. The molecule has 0 aromatic heterocycles. The molecule has 1 fully saturated rings. The predicted molar refractivity (Wildman–Crippen MR) is 92.2 cm³/mol. The number of amides is 3. The molecule has 0 spiro atoms. The minimum atomic E-state index is -0.396. The third-order valence-corrected chi connectivity index (χ3v) is 3.93. The molecule has 8 heteroatoms. The van der Waals surface area contributed by atoms with Gasteiger partial charge in [0.2, 0.25) is 0 Å². The molecule has 1 N–H and O–H groups in total. The van der Waals surface area contributed by atoms with Gasteiger partial charge in [0.25, 0.3) is 0 Å². The Morgan fingerprint density at radius 2 is 1.76 bits per heavy atom. The molecule has 0 radical (unpaired) electrons. The molecule has 1 aromatic carbocycles. The molecule has 1 heterocycles. The number of ketones is 1. The summed E-state index contributed by atoms with van der Waals surface area (Å²) < 4.78 is 10.2. The minimum absolute atomic E-state index is 0.0924. The van der Waals surface area contributed by atoms with E-state index in [4.69, 9.17) is 4.74 Å². The third kappa shape index (κ3) is 4.62.